The number of rotatable bonds is 5. The van der Waals surface area contributed by atoms with Gasteiger partial charge in [-0.3, -0.25) is 0 Å². The van der Waals surface area contributed by atoms with E-state index in [9.17, 15) is 0 Å². The van der Waals surface area contributed by atoms with Crippen LogP contribution in [-0.2, 0) is 0 Å². The minimum atomic E-state index is 0.249. The maximum absolute atomic E-state index is 6.21. The molecule has 0 aliphatic heterocycles. The highest BCUT2D eigenvalue weighted by atomic mass is 35.5. The van der Waals surface area contributed by atoms with Crippen molar-refractivity contribution in [1.82, 2.24) is 0 Å². The van der Waals surface area contributed by atoms with Crippen LogP contribution in [0.5, 0.6) is 11.5 Å². The third-order valence-corrected chi connectivity index (χ3v) is 4.80. The minimum absolute atomic E-state index is 0.249. The summed E-state index contributed by atoms with van der Waals surface area (Å²) in [4.78, 5) is 0.582. The monoisotopic (exact) mass is 361 g/mol. The highest BCUT2D eigenvalue weighted by Crippen LogP contribution is 2.31. The summed E-state index contributed by atoms with van der Waals surface area (Å²) in [6.07, 6.45) is 4.85. The normalized spacial score (nSPS) is 14.4. The van der Waals surface area contributed by atoms with E-state index in [4.69, 9.17) is 33.3 Å². The van der Waals surface area contributed by atoms with Crippen molar-refractivity contribution < 1.29 is 9.47 Å². The first-order valence-corrected chi connectivity index (χ1v) is 8.86. The van der Waals surface area contributed by atoms with Crippen LogP contribution < -0.4 is 14.8 Å². The molecule has 24 heavy (non-hydrogen) atoms. The van der Waals surface area contributed by atoms with Gasteiger partial charge < -0.3 is 14.8 Å². The van der Waals surface area contributed by atoms with Crippen LogP contribution in [0.15, 0.2) is 42.5 Å². The molecule has 0 bridgehead atoms. The molecule has 0 radical (unpaired) electrons. The number of nitrogens with one attached hydrogen (secondary N) is 1. The van der Waals surface area contributed by atoms with Gasteiger partial charge in [-0.2, -0.15) is 0 Å². The summed E-state index contributed by atoms with van der Waals surface area (Å²) in [5.74, 6) is 1.51. The summed E-state index contributed by atoms with van der Waals surface area (Å²) in [5.41, 5.74) is 1.63. The van der Waals surface area contributed by atoms with Gasteiger partial charge in [-0.25, -0.2) is 0 Å². The van der Waals surface area contributed by atoms with Crippen molar-refractivity contribution >= 4 is 34.5 Å². The third kappa shape index (κ3) is 4.00. The lowest BCUT2D eigenvalue weighted by atomic mass is 10.1. The Morgan fingerprint density at radius 3 is 2.62 bits per heavy atom. The number of hydrogen-bond donors (Lipinski definition) is 1. The molecule has 2 aromatic rings. The van der Waals surface area contributed by atoms with Gasteiger partial charge in [-0.05, 0) is 49.9 Å². The van der Waals surface area contributed by atoms with Gasteiger partial charge in [0.15, 0.2) is 0 Å². The van der Waals surface area contributed by atoms with E-state index in [1.165, 1.54) is 12.8 Å². The van der Waals surface area contributed by atoms with Crippen molar-refractivity contribution in [3.05, 3.63) is 53.1 Å². The number of hydrogen-bond acceptors (Lipinski definition) is 3. The topological polar surface area (TPSA) is 30.5 Å². The SMILES string of the molecule is COc1ccc(C(=S)Nc2ccccc2Cl)c(OC2CCCC2)c1. The molecule has 5 heteroatoms. The van der Waals surface area contributed by atoms with E-state index < -0.39 is 0 Å². The molecule has 3 nitrogen and oxygen atoms in total. The zero-order chi connectivity index (χ0) is 16.9. The Kier molecular flexibility index (Phi) is 5.59. The second kappa shape index (κ2) is 7.86. The van der Waals surface area contributed by atoms with Crippen LogP contribution in [0.25, 0.3) is 0 Å². The maximum atomic E-state index is 6.21. The molecule has 2 aromatic carbocycles. The van der Waals surface area contributed by atoms with Gasteiger partial charge in [0.05, 0.1) is 29.5 Å². The van der Waals surface area contributed by atoms with Crippen molar-refractivity contribution in [3.8, 4) is 11.5 Å². The van der Waals surface area contributed by atoms with E-state index in [1.54, 1.807) is 7.11 Å². The first-order valence-electron chi connectivity index (χ1n) is 8.08. The number of thiocarbonyl (C=S) groups is 1. The van der Waals surface area contributed by atoms with Crippen LogP contribution in [0.3, 0.4) is 0 Å². The average molecular weight is 362 g/mol. The molecule has 0 atom stereocenters. The fourth-order valence-corrected chi connectivity index (χ4v) is 3.31. The summed E-state index contributed by atoms with van der Waals surface area (Å²) in [6.45, 7) is 0. The first kappa shape index (κ1) is 17.1. The molecular weight excluding hydrogens is 342 g/mol. The molecule has 0 spiro atoms. The van der Waals surface area contributed by atoms with Crippen molar-refractivity contribution in [3.63, 3.8) is 0 Å². The van der Waals surface area contributed by atoms with Crippen LogP contribution in [0.4, 0.5) is 5.69 Å². The van der Waals surface area contributed by atoms with Crippen molar-refractivity contribution in [2.45, 2.75) is 31.8 Å². The standard InChI is InChI=1S/C19H20ClNO2S/c1-22-14-10-11-15(18(12-14)23-13-6-2-3-7-13)19(24)21-17-9-5-4-8-16(17)20/h4-5,8-13H,2-3,6-7H2,1H3,(H,21,24). The van der Waals surface area contributed by atoms with Crippen LogP contribution in [-0.4, -0.2) is 18.2 Å². The maximum Gasteiger partial charge on any atom is 0.133 e. The van der Waals surface area contributed by atoms with E-state index in [-0.39, 0.29) is 6.10 Å². The Labute approximate surface area is 152 Å². The third-order valence-electron chi connectivity index (χ3n) is 4.15. The quantitative estimate of drug-likeness (QED) is 0.716. The molecule has 1 fully saturated rings. The summed E-state index contributed by atoms with van der Waals surface area (Å²) < 4.78 is 11.5. The average Bonchev–Trinajstić information content (AvgIpc) is 3.09. The van der Waals surface area contributed by atoms with Gasteiger partial charge in [0, 0.05) is 6.07 Å². The lowest BCUT2D eigenvalue weighted by molar-refractivity contribution is 0.209. The van der Waals surface area contributed by atoms with Gasteiger partial charge in [0.2, 0.25) is 0 Å². The van der Waals surface area contributed by atoms with Gasteiger partial charge in [0.25, 0.3) is 0 Å². The highest BCUT2D eigenvalue weighted by molar-refractivity contribution is 7.81. The van der Waals surface area contributed by atoms with Gasteiger partial charge in [-0.15, -0.1) is 0 Å². The molecule has 0 amide bonds. The van der Waals surface area contributed by atoms with Crippen molar-refractivity contribution in [2.75, 3.05) is 12.4 Å². The second-order valence-corrected chi connectivity index (χ2v) is 6.64. The Hall–Kier alpha value is -1.78. The predicted molar refractivity (Wildman–Crippen MR) is 103 cm³/mol. The molecule has 0 heterocycles. The van der Waals surface area contributed by atoms with Gasteiger partial charge in [0.1, 0.15) is 16.5 Å². The van der Waals surface area contributed by atoms with Crippen molar-refractivity contribution in [1.29, 1.82) is 0 Å². The molecule has 1 N–H and O–H groups in total. The number of benzene rings is 2. The summed E-state index contributed by atoms with van der Waals surface area (Å²) in [6, 6.07) is 13.2. The molecule has 1 saturated carbocycles. The smallest absolute Gasteiger partial charge is 0.133 e. The zero-order valence-corrected chi connectivity index (χ0v) is 15.1. The van der Waals surface area contributed by atoms with Gasteiger partial charge in [-0.1, -0.05) is 36.0 Å². The lowest BCUT2D eigenvalue weighted by Gasteiger charge is -2.18. The summed E-state index contributed by atoms with van der Waals surface area (Å²) >= 11 is 11.8. The second-order valence-electron chi connectivity index (χ2n) is 5.82. The van der Waals surface area contributed by atoms with E-state index in [0.717, 1.165) is 35.6 Å². The van der Waals surface area contributed by atoms with Gasteiger partial charge >= 0.3 is 0 Å². The highest BCUT2D eigenvalue weighted by Gasteiger charge is 2.20. The number of anilines is 1. The van der Waals surface area contributed by atoms with Crippen LogP contribution >= 0.6 is 23.8 Å². The minimum Gasteiger partial charge on any atom is -0.497 e. The van der Waals surface area contributed by atoms with Crippen LogP contribution in [0, 0.1) is 0 Å². The molecular formula is C19H20ClNO2S. The molecule has 0 aromatic heterocycles. The van der Waals surface area contributed by atoms with E-state index >= 15 is 0 Å². The molecule has 1 aliphatic carbocycles. The molecule has 0 unspecified atom stereocenters. The Morgan fingerprint density at radius 2 is 1.92 bits per heavy atom. The summed E-state index contributed by atoms with van der Waals surface area (Å²) in [5, 5.41) is 3.84. The van der Waals surface area contributed by atoms with Crippen molar-refractivity contribution in [2.24, 2.45) is 0 Å². The van der Waals surface area contributed by atoms with Crippen LogP contribution in [0.2, 0.25) is 5.02 Å². The number of methoxy groups -OCH3 is 1. The Balaban J connectivity index is 1.85. The summed E-state index contributed by atoms with van der Waals surface area (Å²) in [7, 11) is 1.65. The fraction of sp³-hybridized carbons (Fsp3) is 0.316. The molecule has 0 saturated heterocycles. The fourth-order valence-electron chi connectivity index (χ4n) is 2.85. The molecule has 126 valence electrons. The predicted octanol–water partition coefficient (Wildman–Crippen LogP) is 5.46. The molecule has 1 aliphatic rings. The van der Waals surface area contributed by atoms with E-state index in [0.29, 0.717) is 10.0 Å². The Morgan fingerprint density at radius 1 is 1.17 bits per heavy atom. The number of para-hydroxylation sites is 1. The molecule has 3 rings (SSSR count). The van der Waals surface area contributed by atoms with E-state index in [1.807, 2.05) is 42.5 Å². The number of halogens is 1. The van der Waals surface area contributed by atoms with Crippen LogP contribution in [0.1, 0.15) is 31.2 Å². The lowest BCUT2D eigenvalue weighted by Crippen LogP contribution is -2.17. The zero-order valence-electron chi connectivity index (χ0n) is 13.5. The largest absolute Gasteiger partial charge is 0.497 e. The Bertz CT molecular complexity index is 729. The van der Waals surface area contributed by atoms with E-state index in [2.05, 4.69) is 5.32 Å². The first-order chi connectivity index (χ1) is 11.7. The number of ether oxygens (including phenoxy) is 2.